The van der Waals surface area contributed by atoms with Gasteiger partial charge in [0.05, 0.1) is 7.11 Å². The highest BCUT2D eigenvalue weighted by molar-refractivity contribution is 5.95. The Morgan fingerprint density at radius 3 is 2.45 bits per heavy atom. The van der Waals surface area contributed by atoms with Gasteiger partial charge >= 0.3 is 0 Å². The average molecular weight is 277 g/mol. The summed E-state index contributed by atoms with van der Waals surface area (Å²) in [6, 6.07) is 7.49. The summed E-state index contributed by atoms with van der Waals surface area (Å²) in [5.41, 5.74) is 1.86. The molecule has 0 spiro atoms. The lowest BCUT2D eigenvalue weighted by atomic mass is 10.0. The molecule has 2 atom stereocenters. The maximum Gasteiger partial charge on any atom is 0.244 e. The highest BCUT2D eigenvalue weighted by Gasteiger charge is 2.12. The second kappa shape index (κ2) is 7.70. The van der Waals surface area contributed by atoms with Gasteiger partial charge in [0.2, 0.25) is 5.91 Å². The Balaban J connectivity index is 2.69. The number of aliphatic hydroxyl groups excluding tert-OH is 1. The van der Waals surface area contributed by atoms with E-state index in [9.17, 15) is 4.79 Å². The van der Waals surface area contributed by atoms with Crippen LogP contribution in [-0.4, -0.2) is 30.8 Å². The van der Waals surface area contributed by atoms with Crippen molar-refractivity contribution in [3.05, 3.63) is 35.9 Å². The van der Waals surface area contributed by atoms with E-state index in [1.165, 1.54) is 0 Å². The van der Waals surface area contributed by atoms with Gasteiger partial charge in [-0.2, -0.15) is 0 Å². The fourth-order valence-corrected chi connectivity index (χ4v) is 1.70. The maximum absolute atomic E-state index is 11.9. The van der Waals surface area contributed by atoms with Crippen LogP contribution in [0.2, 0.25) is 0 Å². The number of methoxy groups -OCH3 is 1. The molecule has 0 aliphatic carbocycles. The fraction of sp³-hybridized carbons (Fsp3) is 0.438. The number of carbonyl (C=O) groups is 1. The van der Waals surface area contributed by atoms with E-state index >= 15 is 0 Å². The molecule has 0 aliphatic heterocycles. The van der Waals surface area contributed by atoms with Crippen LogP contribution in [-0.2, 0) is 4.79 Å². The summed E-state index contributed by atoms with van der Waals surface area (Å²) in [6.45, 7) is 5.73. The SMILES string of the molecule is COc1ccc(/C(C)=C/C(=O)NC(C)C(C)CO)cc1. The Bertz CT molecular complexity index is 465. The van der Waals surface area contributed by atoms with Crippen molar-refractivity contribution in [2.24, 2.45) is 5.92 Å². The van der Waals surface area contributed by atoms with E-state index in [1.54, 1.807) is 13.2 Å². The van der Waals surface area contributed by atoms with Crippen LogP contribution in [0.4, 0.5) is 0 Å². The highest BCUT2D eigenvalue weighted by Crippen LogP contribution is 2.18. The van der Waals surface area contributed by atoms with Gasteiger partial charge in [0.1, 0.15) is 5.75 Å². The Kier molecular flexibility index (Phi) is 6.25. The minimum Gasteiger partial charge on any atom is -0.497 e. The van der Waals surface area contributed by atoms with Crippen LogP contribution in [0, 0.1) is 5.92 Å². The van der Waals surface area contributed by atoms with Gasteiger partial charge < -0.3 is 15.2 Å². The molecule has 0 aromatic heterocycles. The second-order valence-electron chi connectivity index (χ2n) is 5.01. The Morgan fingerprint density at radius 2 is 1.95 bits per heavy atom. The third kappa shape index (κ3) is 4.70. The summed E-state index contributed by atoms with van der Waals surface area (Å²) >= 11 is 0. The molecule has 4 heteroatoms. The van der Waals surface area contributed by atoms with Gasteiger partial charge in [-0.05, 0) is 43.0 Å². The number of hydrogen-bond donors (Lipinski definition) is 2. The molecule has 0 saturated heterocycles. The number of nitrogens with one attached hydrogen (secondary N) is 1. The van der Waals surface area contributed by atoms with E-state index in [1.807, 2.05) is 45.0 Å². The number of aliphatic hydroxyl groups is 1. The topological polar surface area (TPSA) is 58.6 Å². The molecule has 4 nitrogen and oxygen atoms in total. The zero-order valence-corrected chi connectivity index (χ0v) is 12.5. The number of hydrogen-bond acceptors (Lipinski definition) is 3. The van der Waals surface area contributed by atoms with Gasteiger partial charge in [-0.25, -0.2) is 0 Å². The van der Waals surface area contributed by atoms with Crippen LogP contribution < -0.4 is 10.1 Å². The molecular formula is C16H23NO3. The van der Waals surface area contributed by atoms with Crippen LogP contribution in [0.3, 0.4) is 0 Å². The van der Waals surface area contributed by atoms with E-state index in [0.29, 0.717) is 0 Å². The third-order valence-electron chi connectivity index (χ3n) is 3.40. The van der Waals surface area contributed by atoms with E-state index < -0.39 is 0 Å². The average Bonchev–Trinajstić information content (AvgIpc) is 2.46. The third-order valence-corrected chi connectivity index (χ3v) is 3.40. The molecule has 0 heterocycles. The molecular weight excluding hydrogens is 254 g/mol. The molecule has 0 saturated carbocycles. The molecule has 1 aromatic rings. The standard InChI is InChI=1S/C16H23NO3/c1-11(14-5-7-15(20-4)8-6-14)9-16(19)17-13(3)12(2)10-18/h5-9,12-13,18H,10H2,1-4H3,(H,17,19)/b11-9+. The van der Waals surface area contributed by atoms with Gasteiger partial charge in [0.25, 0.3) is 0 Å². The van der Waals surface area contributed by atoms with Crippen LogP contribution in [0.1, 0.15) is 26.3 Å². The van der Waals surface area contributed by atoms with Crippen molar-refractivity contribution in [3.8, 4) is 5.75 Å². The molecule has 1 aromatic carbocycles. The van der Waals surface area contributed by atoms with Crippen LogP contribution in [0.5, 0.6) is 5.75 Å². The molecule has 20 heavy (non-hydrogen) atoms. The van der Waals surface area contributed by atoms with E-state index in [0.717, 1.165) is 16.9 Å². The lowest BCUT2D eigenvalue weighted by Crippen LogP contribution is -2.37. The molecule has 1 amide bonds. The predicted molar refractivity (Wildman–Crippen MR) is 80.5 cm³/mol. The Hall–Kier alpha value is -1.81. The molecule has 110 valence electrons. The van der Waals surface area contributed by atoms with Crippen molar-refractivity contribution in [1.29, 1.82) is 0 Å². The predicted octanol–water partition coefficient (Wildman–Crippen LogP) is 2.23. The number of benzene rings is 1. The smallest absolute Gasteiger partial charge is 0.244 e. The molecule has 0 fully saturated rings. The summed E-state index contributed by atoms with van der Waals surface area (Å²) in [5, 5.41) is 11.9. The van der Waals surface area contributed by atoms with E-state index in [4.69, 9.17) is 9.84 Å². The Labute approximate surface area is 120 Å². The summed E-state index contributed by atoms with van der Waals surface area (Å²) in [4.78, 5) is 11.9. The summed E-state index contributed by atoms with van der Waals surface area (Å²) in [6.07, 6.45) is 1.57. The zero-order valence-electron chi connectivity index (χ0n) is 12.5. The van der Waals surface area contributed by atoms with Crippen LogP contribution in [0.15, 0.2) is 30.3 Å². The lowest BCUT2D eigenvalue weighted by Gasteiger charge is -2.18. The number of carbonyl (C=O) groups excluding carboxylic acids is 1. The van der Waals surface area contributed by atoms with Gasteiger partial charge in [-0.1, -0.05) is 19.1 Å². The number of allylic oxidation sites excluding steroid dienone is 1. The first-order chi connectivity index (χ1) is 9.47. The second-order valence-corrected chi connectivity index (χ2v) is 5.01. The van der Waals surface area contributed by atoms with Gasteiger partial charge in [-0.3, -0.25) is 4.79 Å². The zero-order chi connectivity index (χ0) is 15.1. The van der Waals surface area contributed by atoms with Crippen LogP contribution in [0.25, 0.3) is 5.57 Å². The largest absolute Gasteiger partial charge is 0.497 e. The summed E-state index contributed by atoms with van der Waals surface area (Å²) < 4.78 is 5.10. The first-order valence-corrected chi connectivity index (χ1v) is 6.72. The monoisotopic (exact) mass is 277 g/mol. The quantitative estimate of drug-likeness (QED) is 0.784. The van der Waals surface area contributed by atoms with Crippen molar-refractivity contribution in [2.45, 2.75) is 26.8 Å². The minimum atomic E-state index is -0.147. The molecule has 0 radical (unpaired) electrons. The van der Waals surface area contributed by atoms with E-state index in [-0.39, 0.29) is 24.5 Å². The number of amides is 1. The molecule has 2 unspecified atom stereocenters. The van der Waals surface area contributed by atoms with Crippen molar-refractivity contribution in [1.82, 2.24) is 5.32 Å². The Morgan fingerprint density at radius 1 is 1.35 bits per heavy atom. The maximum atomic E-state index is 11.9. The van der Waals surface area contributed by atoms with Crippen molar-refractivity contribution >= 4 is 11.5 Å². The normalized spacial score (nSPS) is 14.6. The molecule has 2 N–H and O–H groups in total. The molecule has 1 rings (SSSR count). The minimum absolute atomic E-state index is 0.0358. The number of rotatable bonds is 6. The summed E-state index contributed by atoms with van der Waals surface area (Å²) in [7, 11) is 1.62. The highest BCUT2D eigenvalue weighted by atomic mass is 16.5. The first-order valence-electron chi connectivity index (χ1n) is 6.72. The van der Waals surface area contributed by atoms with Crippen LogP contribution >= 0.6 is 0 Å². The van der Waals surface area contributed by atoms with E-state index in [2.05, 4.69) is 5.32 Å². The fourth-order valence-electron chi connectivity index (χ4n) is 1.70. The molecule has 0 bridgehead atoms. The molecule has 0 aliphatic rings. The van der Waals surface area contributed by atoms with Crippen molar-refractivity contribution in [3.63, 3.8) is 0 Å². The van der Waals surface area contributed by atoms with Gasteiger partial charge in [-0.15, -0.1) is 0 Å². The van der Waals surface area contributed by atoms with Gasteiger partial charge in [0, 0.05) is 18.7 Å². The van der Waals surface area contributed by atoms with Crippen molar-refractivity contribution < 1.29 is 14.6 Å². The first kappa shape index (κ1) is 16.2. The van der Waals surface area contributed by atoms with Gasteiger partial charge in [0.15, 0.2) is 0 Å². The summed E-state index contributed by atoms with van der Waals surface area (Å²) in [5.74, 6) is 0.677. The van der Waals surface area contributed by atoms with Crippen molar-refractivity contribution in [2.75, 3.05) is 13.7 Å². The number of ether oxygens (including phenoxy) is 1. The lowest BCUT2D eigenvalue weighted by molar-refractivity contribution is -0.117.